The Bertz CT molecular complexity index is 1110. The van der Waals surface area contributed by atoms with E-state index in [9.17, 15) is 23.1 Å². The number of nitrogens with zero attached hydrogens (tertiary/aromatic N) is 2. The first kappa shape index (κ1) is 26.6. The first-order valence-electron chi connectivity index (χ1n) is 13.4. The van der Waals surface area contributed by atoms with Crippen LogP contribution in [-0.2, 0) is 29.5 Å². The normalized spacial score (nSPS) is 30.5. The largest absolute Gasteiger partial charge is 0.416 e. The van der Waals surface area contributed by atoms with Gasteiger partial charge in [0.05, 0.1) is 21.4 Å². The molecule has 2 saturated carbocycles. The van der Waals surface area contributed by atoms with Gasteiger partial charge in [-0.15, -0.1) is 11.3 Å². The number of hydrogen-bond acceptors (Lipinski definition) is 5. The zero-order chi connectivity index (χ0) is 26.4. The topological polar surface area (TPSA) is 65.5 Å². The van der Waals surface area contributed by atoms with Gasteiger partial charge in [0.15, 0.2) is 0 Å². The van der Waals surface area contributed by atoms with Gasteiger partial charge < -0.3 is 15.3 Å². The highest BCUT2D eigenvalue weighted by molar-refractivity contribution is 7.09. The first-order chi connectivity index (χ1) is 17.5. The molecule has 5 nitrogen and oxygen atoms in total. The fourth-order valence-corrected chi connectivity index (χ4v) is 7.47. The molecule has 1 amide bonds. The maximum atomic E-state index is 13.9. The number of benzene rings is 1. The lowest BCUT2D eigenvalue weighted by Crippen LogP contribution is -2.49. The van der Waals surface area contributed by atoms with Gasteiger partial charge in [0.1, 0.15) is 5.60 Å². The molecule has 2 atom stereocenters. The molecule has 2 fully saturated rings. The van der Waals surface area contributed by atoms with Crippen LogP contribution in [0.15, 0.2) is 29.9 Å². The summed E-state index contributed by atoms with van der Waals surface area (Å²) >= 11 is 1.50. The summed E-state index contributed by atoms with van der Waals surface area (Å²) in [5.41, 5.74) is 1.32. The summed E-state index contributed by atoms with van der Waals surface area (Å²) in [5.74, 6) is 0.218. The third kappa shape index (κ3) is 5.19. The zero-order valence-corrected chi connectivity index (χ0v) is 22.3. The second-order valence-corrected chi connectivity index (χ2v) is 12.4. The van der Waals surface area contributed by atoms with Gasteiger partial charge in [-0.2, -0.15) is 13.2 Å². The van der Waals surface area contributed by atoms with Gasteiger partial charge in [0, 0.05) is 31.4 Å². The predicted octanol–water partition coefficient (Wildman–Crippen LogP) is 5.66. The van der Waals surface area contributed by atoms with Crippen LogP contribution in [0.2, 0.25) is 0 Å². The molecule has 5 rings (SSSR count). The number of halogens is 3. The number of thiazole rings is 1. The number of fused-ring (bicyclic) bond motifs is 1. The number of hydrogen-bond donors (Lipinski definition) is 2. The molecular formula is C28H36F3N3O2S. The molecule has 1 aromatic heterocycles. The number of aliphatic hydroxyl groups is 1. The summed E-state index contributed by atoms with van der Waals surface area (Å²) in [7, 11) is 0. The Hall–Kier alpha value is -1.97. The quantitative estimate of drug-likeness (QED) is 0.519. The molecule has 2 heterocycles. The van der Waals surface area contributed by atoms with Crippen LogP contribution in [0.1, 0.15) is 80.4 Å². The summed E-state index contributed by atoms with van der Waals surface area (Å²) in [4.78, 5) is 20.8. The van der Waals surface area contributed by atoms with E-state index in [1.54, 1.807) is 22.7 Å². The monoisotopic (exact) mass is 535 g/mol. The summed E-state index contributed by atoms with van der Waals surface area (Å²) in [6.07, 6.45) is 3.52. The summed E-state index contributed by atoms with van der Waals surface area (Å²) in [6, 6.07) is 4.45. The van der Waals surface area contributed by atoms with Gasteiger partial charge in [0.25, 0.3) is 0 Å². The highest BCUT2D eigenvalue weighted by atomic mass is 32.1. The van der Waals surface area contributed by atoms with Crippen LogP contribution in [0, 0.1) is 11.3 Å². The maximum absolute atomic E-state index is 13.9. The van der Waals surface area contributed by atoms with E-state index in [2.05, 4.69) is 24.1 Å². The molecule has 0 radical (unpaired) electrons. The van der Waals surface area contributed by atoms with Crippen molar-refractivity contribution in [2.24, 2.45) is 11.3 Å². The van der Waals surface area contributed by atoms with Gasteiger partial charge in [-0.1, -0.05) is 19.9 Å². The fraction of sp³-hybridized carbons (Fsp3) is 0.643. The molecule has 9 heteroatoms. The van der Waals surface area contributed by atoms with Crippen LogP contribution in [0.5, 0.6) is 0 Å². The van der Waals surface area contributed by atoms with Crippen LogP contribution in [0.4, 0.5) is 13.2 Å². The Labute approximate surface area is 220 Å². The molecule has 2 aliphatic carbocycles. The van der Waals surface area contributed by atoms with Gasteiger partial charge in [-0.3, -0.25) is 9.78 Å². The van der Waals surface area contributed by atoms with Crippen LogP contribution in [0.3, 0.4) is 0 Å². The molecule has 0 bridgehead atoms. The average molecular weight is 536 g/mol. The SMILES string of the molecule is CC(C)[C@]1(C(=O)N2CCc3ccc(C(F)(F)F)cc3C2)CC[C@@H](NC2CCC(O)(c3cncs3)CC2)C1. The number of nitrogens with one attached hydrogen (secondary N) is 1. The lowest BCUT2D eigenvalue weighted by molar-refractivity contribution is -0.145. The molecule has 0 spiro atoms. The van der Waals surface area contributed by atoms with Gasteiger partial charge in [-0.25, -0.2) is 0 Å². The number of aromatic nitrogens is 1. The van der Waals surface area contributed by atoms with E-state index in [0.29, 0.717) is 37.4 Å². The van der Waals surface area contributed by atoms with E-state index < -0.39 is 22.8 Å². The first-order valence-corrected chi connectivity index (χ1v) is 14.2. The van der Waals surface area contributed by atoms with Gasteiger partial charge in [-0.05, 0) is 80.5 Å². The van der Waals surface area contributed by atoms with E-state index in [1.807, 2.05) is 0 Å². The maximum Gasteiger partial charge on any atom is 0.416 e. The second-order valence-electron chi connectivity index (χ2n) is 11.5. The lowest BCUT2D eigenvalue weighted by atomic mass is 9.73. The van der Waals surface area contributed by atoms with Crippen LogP contribution < -0.4 is 5.32 Å². The van der Waals surface area contributed by atoms with Crippen molar-refractivity contribution in [2.45, 2.75) is 95.6 Å². The molecule has 2 N–H and O–H groups in total. The number of alkyl halides is 3. The number of carbonyl (C=O) groups excluding carboxylic acids is 1. The van der Waals surface area contributed by atoms with Crippen molar-refractivity contribution in [1.29, 1.82) is 0 Å². The molecule has 3 aliphatic rings. The highest BCUT2D eigenvalue weighted by Crippen LogP contribution is 2.47. The van der Waals surface area contributed by atoms with Crippen molar-refractivity contribution in [1.82, 2.24) is 15.2 Å². The minimum atomic E-state index is -4.39. The third-order valence-electron chi connectivity index (χ3n) is 9.09. The third-order valence-corrected chi connectivity index (χ3v) is 10.1. The van der Waals surface area contributed by atoms with Crippen molar-refractivity contribution in [2.75, 3.05) is 6.54 Å². The highest BCUT2D eigenvalue weighted by Gasteiger charge is 2.50. The summed E-state index contributed by atoms with van der Waals surface area (Å²) < 4.78 is 39.8. The van der Waals surface area contributed by atoms with Crippen LogP contribution in [-0.4, -0.2) is 39.5 Å². The molecule has 1 aliphatic heterocycles. The standard InChI is InChI=1S/C28H36F3N3O2S/c1-18(2)26(25(35)34-12-8-19-3-4-21(28(29,30)31)13-20(19)16-34)9-5-23(14-26)33-22-6-10-27(36,11-7-22)24-15-32-17-37-24/h3-4,13,15,17-18,22-23,33,36H,5-12,14,16H2,1-2H3/t22?,23-,26+,27?/m1/s1. The van der Waals surface area contributed by atoms with E-state index in [0.717, 1.165) is 48.6 Å². The van der Waals surface area contributed by atoms with Crippen molar-refractivity contribution >= 4 is 17.2 Å². The molecule has 0 unspecified atom stereocenters. The fourth-order valence-electron chi connectivity index (χ4n) is 6.69. The van der Waals surface area contributed by atoms with E-state index in [-0.39, 0.29) is 24.4 Å². The molecule has 0 saturated heterocycles. The van der Waals surface area contributed by atoms with Crippen molar-refractivity contribution in [3.05, 3.63) is 51.5 Å². The van der Waals surface area contributed by atoms with Crippen LogP contribution >= 0.6 is 11.3 Å². The van der Waals surface area contributed by atoms with E-state index in [1.165, 1.54) is 17.4 Å². The minimum Gasteiger partial charge on any atom is -0.384 e. The Morgan fingerprint density at radius 2 is 1.89 bits per heavy atom. The molecule has 1 aromatic carbocycles. The van der Waals surface area contributed by atoms with Crippen LogP contribution in [0.25, 0.3) is 0 Å². The lowest BCUT2D eigenvalue weighted by Gasteiger charge is -2.40. The molecule has 2 aromatic rings. The Kier molecular flexibility index (Phi) is 7.17. The Morgan fingerprint density at radius 1 is 1.16 bits per heavy atom. The second kappa shape index (κ2) is 9.97. The van der Waals surface area contributed by atoms with E-state index in [4.69, 9.17) is 0 Å². The summed E-state index contributed by atoms with van der Waals surface area (Å²) in [6.45, 7) is 4.97. The Balaban J connectivity index is 1.23. The summed E-state index contributed by atoms with van der Waals surface area (Å²) in [5, 5.41) is 14.8. The molecule has 37 heavy (non-hydrogen) atoms. The predicted molar refractivity (Wildman–Crippen MR) is 137 cm³/mol. The van der Waals surface area contributed by atoms with Crippen molar-refractivity contribution in [3.63, 3.8) is 0 Å². The van der Waals surface area contributed by atoms with Gasteiger partial charge >= 0.3 is 6.18 Å². The van der Waals surface area contributed by atoms with Crippen molar-refractivity contribution < 1.29 is 23.1 Å². The minimum absolute atomic E-state index is 0.0816. The number of amides is 1. The molecular weight excluding hydrogens is 499 g/mol. The van der Waals surface area contributed by atoms with E-state index >= 15 is 0 Å². The number of rotatable bonds is 5. The Morgan fingerprint density at radius 3 is 2.54 bits per heavy atom. The number of carbonyl (C=O) groups is 1. The average Bonchev–Trinajstić information content (AvgIpc) is 3.56. The zero-order valence-electron chi connectivity index (χ0n) is 21.5. The molecule has 202 valence electrons. The van der Waals surface area contributed by atoms with Crippen molar-refractivity contribution in [3.8, 4) is 0 Å². The van der Waals surface area contributed by atoms with Gasteiger partial charge in [0.2, 0.25) is 5.91 Å². The smallest absolute Gasteiger partial charge is 0.384 e.